The van der Waals surface area contributed by atoms with Gasteiger partial charge in [0.05, 0.1) is 41.7 Å². The topological polar surface area (TPSA) is 51.9 Å². The Bertz CT molecular complexity index is 769. The Morgan fingerprint density at radius 3 is 2.96 bits per heavy atom. The minimum absolute atomic E-state index is 0.0371. The second kappa shape index (κ2) is 5.23. The Hall–Kier alpha value is -1.56. The van der Waals surface area contributed by atoms with Crippen LogP contribution in [-0.2, 0) is 9.47 Å². The third-order valence-electron chi connectivity index (χ3n) is 4.48. The maximum atomic E-state index is 13.2. The zero-order valence-electron chi connectivity index (χ0n) is 13.0. The number of morpholine rings is 1. The summed E-state index contributed by atoms with van der Waals surface area (Å²) in [6.45, 7) is 5.56. The average Bonchev–Trinajstić information content (AvgIpc) is 3.14. The number of carbonyl (C=O) groups excluding carboxylic acids is 1. The van der Waals surface area contributed by atoms with E-state index in [0.717, 1.165) is 5.39 Å². The smallest absolute Gasteiger partial charge is 0.255 e. The molecule has 0 bridgehead atoms. The Morgan fingerprint density at radius 2 is 2.13 bits per heavy atom. The van der Waals surface area contributed by atoms with Crippen molar-refractivity contribution in [3.05, 3.63) is 35.0 Å². The van der Waals surface area contributed by atoms with Crippen LogP contribution in [-0.4, -0.2) is 48.3 Å². The molecule has 2 fully saturated rings. The highest BCUT2D eigenvalue weighted by Gasteiger charge is 2.46. The number of furan rings is 1. The molecule has 1 amide bonds. The minimum Gasteiger partial charge on any atom is -0.463 e. The van der Waals surface area contributed by atoms with Crippen LogP contribution in [0.15, 0.2) is 28.9 Å². The van der Waals surface area contributed by atoms with E-state index in [2.05, 4.69) is 0 Å². The Balaban J connectivity index is 1.75. The number of amides is 1. The maximum absolute atomic E-state index is 13.2. The molecule has 122 valence electrons. The molecule has 3 heterocycles. The lowest BCUT2D eigenvalue weighted by molar-refractivity contribution is -0.137. The van der Waals surface area contributed by atoms with Crippen LogP contribution in [0.2, 0.25) is 5.02 Å². The van der Waals surface area contributed by atoms with Crippen molar-refractivity contribution in [1.82, 2.24) is 4.90 Å². The van der Waals surface area contributed by atoms with Crippen LogP contribution in [0, 0.1) is 0 Å². The number of nitrogens with zero attached hydrogens (tertiary/aromatic N) is 1. The predicted octanol–water partition coefficient (Wildman–Crippen LogP) is 3.10. The molecule has 2 atom stereocenters. The third kappa shape index (κ3) is 2.43. The Kier molecular flexibility index (Phi) is 3.41. The van der Waals surface area contributed by atoms with Crippen molar-refractivity contribution in [2.45, 2.75) is 31.6 Å². The van der Waals surface area contributed by atoms with Crippen LogP contribution < -0.4 is 0 Å². The number of benzene rings is 1. The highest BCUT2D eigenvalue weighted by Crippen LogP contribution is 2.33. The van der Waals surface area contributed by atoms with Gasteiger partial charge in [0.15, 0.2) is 5.58 Å². The van der Waals surface area contributed by atoms with Crippen LogP contribution in [0.5, 0.6) is 0 Å². The second-order valence-corrected chi connectivity index (χ2v) is 7.12. The van der Waals surface area contributed by atoms with Gasteiger partial charge in [0.2, 0.25) is 0 Å². The van der Waals surface area contributed by atoms with Gasteiger partial charge in [0.1, 0.15) is 6.10 Å². The van der Waals surface area contributed by atoms with Crippen LogP contribution in [0.25, 0.3) is 11.0 Å². The van der Waals surface area contributed by atoms with Gasteiger partial charge in [-0.2, -0.15) is 0 Å². The lowest BCUT2D eigenvalue weighted by Gasteiger charge is -2.45. The van der Waals surface area contributed by atoms with Gasteiger partial charge < -0.3 is 18.8 Å². The van der Waals surface area contributed by atoms with Crippen LogP contribution in [0.1, 0.15) is 24.2 Å². The monoisotopic (exact) mass is 335 g/mol. The molecule has 2 aromatic rings. The fourth-order valence-corrected chi connectivity index (χ4v) is 3.70. The molecule has 2 aliphatic heterocycles. The Labute approximate surface area is 139 Å². The van der Waals surface area contributed by atoms with Crippen molar-refractivity contribution in [1.29, 1.82) is 0 Å². The molecule has 0 N–H and O–H groups in total. The number of hydrogen-bond donors (Lipinski definition) is 0. The SMILES string of the molecule is CC1(C)CN(C(=O)c2ccc(Cl)c3occc23)[C@@H]2COC[C@H]2O1. The number of halogens is 1. The molecule has 4 rings (SSSR count). The van der Waals surface area contributed by atoms with E-state index in [1.807, 2.05) is 18.7 Å². The number of rotatable bonds is 1. The van der Waals surface area contributed by atoms with Gasteiger partial charge in [0.25, 0.3) is 5.91 Å². The van der Waals surface area contributed by atoms with Crippen molar-refractivity contribution < 1.29 is 18.7 Å². The van der Waals surface area contributed by atoms with E-state index >= 15 is 0 Å². The quantitative estimate of drug-likeness (QED) is 0.803. The summed E-state index contributed by atoms with van der Waals surface area (Å²) < 4.78 is 17.0. The molecule has 1 aromatic carbocycles. The molecule has 0 aliphatic carbocycles. The van der Waals surface area contributed by atoms with Crippen molar-refractivity contribution in [3.63, 3.8) is 0 Å². The number of carbonyl (C=O) groups is 1. The Morgan fingerprint density at radius 1 is 1.30 bits per heavy atom. The summed E-state index contributed by atoms with van der Waals surface area (Å²) in [6, 6.07) is 5.20. The van der Waals surface area contributed by atoms with Crippen molar-refractivity contribution in [3.8, 4) is 0 Å². The molecular formula is C17H18ClNO4. The normalized spacial score (nSPS) is 26.5. The summed E-state index contributed by atoms with van der Waals surface area (Å²) in [6.07, 6.45) is 1.48. The van der Waals surface area contributed by atoms with Gasteiger partial charge in [0, 0.05) is 11.9 Å². The van der Waals surface area contributed by atoms with Crippen LogP contribution >= 0.6 is 11.6 Å². The van der Waals surface area contributed by atoms with Gasteiger partial charge in [-0.15, -0.1) is 0 Å². The summed E-state index contributed by atoms with van der Waals surface area (Å²) in [5, 5.41) is 1.24. The molecular weight excluding hydrogens is 318 g/mol. The van der Waals surface area contributed by atoms with E-state index in [-0.39, 0.29) is 18.1 Å². The van der Waals surface area contributed by atoms with Crippen molar-refractivity contribution >= 4 is 28.5 Å². The first-order valence-electron chi connectivity index (χ1n) is 7.68. The van der Waals surface area contributed by atoms with Crippen molar-refractivity contribution in [2.24, 2.45) is 0 Å². The summed E-state index contributed by atoms with van der Waals surface area (Å²) in [7, 11) is 0. The van der Waals surface area contributed by atoms with E-state index in [1.54, 1.807) is 24.5 Å². The van der Waals surface area contributed by atoms with E-state index in [4.69, 9.17) is 25.5 Å². The van der Waals surface area contributed by atoms with E-state index in [9.17, 15) is 4.79 Å². The van der Waals surface area contributed by atoms with Gasteiger partial charge in [-0.1, -0.05) is 11.6 Å². The average molecular weight is 336 g/mol. The van der Waals surface area contributed by atoms with Crippen LogP contribution in [0.3, 0.4) is 0 Å². The highest BCUT2D eigenvalue weighted by atomic mass is 35.5. The maximum Gasteiger partial charge on any atom is 0.255 e. The lowest BCUT2D eigenvalue weighted by Crippen LogP contribution is -2.60. The fourth-order valence-electron chi connectivity index (χ4n) is 3.49. The molecule has 1 aromatic heterocycles. The summed E-state index contributed by atoms with van der Waals surface area (Å²) >= 11 is 6.14. The molecule has 23 heavy (non-hydrogen) atoms. The molecule has 0 saturated carbocycles. The van der Waals surface area contributed by atoms with Gasteiger partial charge in [-0.05, 0) is 32.0 Å². The fraction of sp³-hybridized carbons (Fsp3) is 0.471. The predicted molar refractivity (Wildman–Crippen MR) is 85.8 cm³/mol. The summed E-state index contributed by atoms with van der Waals surface area (Å²) in [5.74, 6) is -0.0371. The largest absolute Gasteiger partial charge is 0.463 e. The van der Waals surface area contributed by atoms with Crippen molar-refractivity contribution in [2.75, 3.05) is 19.8 Å². The first-order chi connectivity index (χ1) is 11.0. The zero-order valence-corrected chi connectivity index (χ0v) is 13.8. The first-order valence-corrected chi connectivity index (χ1v) is 8.06. The number of hydrogen-bond acceptors (Lipinski definition) is 4. The van der Waals surface area contributed by atoms with E-state index in [1.165, 1.54) is 0 Å². The first kappa shape index (κ1) is 15.0. The lowest BCUT2D eigenvalue weighted by atomic mass is 9.99. The zero-order chi connectivity index (χ0) is 16.2. The second-order valence-electron chi connectivity index (χ2n) is 6.71. The van der Waals surface area contributed by atoms with Gasteiger partial charge in [-0.3, -0.25) is 4.79 Å². The minimum atomic E-state index is -0.396. The molecule has 5 nitrogen and oxygen atoms in total. The standard InChI is InChI=1S/C17H18ClNO4/c1-17(2)9-19(13-7-21-8-14(13)23-17)16(20)11-3-4-12(18)15-10(11)5-6-22-15/h3-6,13-14H,7-9H2,1-2H3/t13-,14-/m1/s1. The number of fused-ring (bicyclic) bond motifs is 2. The molecule has 0 spiro atoms. The summed E-state index contributed by atoms with van der Waals surface area (Å²) in [5.41, 5.74) is 0.748. The molecule has 6 heteroatoms. The van der Waals surface area contributed by atoms with Gasteiger partial charge >= 0.3 is 0 Å². The molecule has 2 saturated heterocycles. The van der Waals surface area contributed by atoms with E-state index < -0.39 is 5.60 Å². The molecule has 0 radical (unpaired) electrons. The summed E-state index contributed by atoms with van der Waals surface area (Å²) in [4.78, 5) is 15.1. The molecule has 0 unspecified atom stereocenters. The molecule has 2 aliphatic rings. The highest BCUT2D eigenvalue weighted by molar-refractivity contribution is 6.35. The third-order valence-corrected chi connectivity index (χ3v) is 4.78. The van der Waals surface area contributed by atoms with E-state index in [0.29, 0.717) is 35.9 Å². The van der Waals surface area contributed by atoms with Gasteiger partial charge in [-0.25, -0.2) is 0 Å². The van der Waals surface area contributed by atoms with Crippen LogP contribution in [0.4, 0.5) is 0 Å². The number of ether oxygens (including phenoxy) is 2.